The largest absolute Gasteiger partial charge is 0.465 e. The molecule has 2 N–H and O–H groups in total. The minimum Gasteiger partial charge on any atom is -0.465 e. The first-order valence-electron chi connectivity index (χ1n) is 3.67. The topological polar surface area (TPSA) is 70.1 Å². The lowest BCUT2D eigenvalue weighted by Gasteiger charge is -2.00. The Morgan fingerprint density at radius 2 is 2.46 bits per heavy atom. The van der Waals surface area contributed by atoms with Crippen LogP contribution in [0.3, 0.4) is 0 Å². The number of nitrogens with two attached hydrogens (primary N) is 1. The third-order valence-electron chi connectivity index (χ3n) is 1.26. The molecule has 0 aliphatic rings. The van der Waals surface area contributed by atoms with E-state index in [2.05, 4.69) is 5.10 Å². The molecule has 0 bridgehead atoms. The molecule has 1 heterocycles. The summed E-state index contributed by atoms with van der Waals surface area (Å²) in [6.07, 6.45) is 1.63. The molecule has 74 valence electrons. The predicted molar refractivity (Wildman–Crippen MR) is 50.5 cm³/mol. The van der Waals surface area contributed by atoms with E-state index >= 15 is 0 Å². The first kappa shape index (κ1) is 11.8. The number of halogens is 1. The van der Waals surface area contributed by atoms with E-state index in [1.54, 1.807) is 19.2 Å². The third-order valence-corrected chi connectivity index (χ3v) is 1.26. The molecule has 0 aliphatic carbocycles. The lowest BCUT2D eigenvalue weighted by molar-refractivity contribution is -0.144. The third kappa shape index (κ3) is 3.80. The molecule has 13 heavy (non-hydrogen) atoms. The lowest BCUT2D eigenvalue weighted by atomic mass is 10.6. The molecule has 5 nitrogen and oxygen atoms in total. The Morgan fingerprint density at radius 3 is 2.92 bits per heavy atom. The summed E-state index contributed by atoms with van der Waals surface area (Å²) in [5, 5.41) is 3.83. The molecule has 1 rings (SSSR count). The normalized spacial score (nSPS) is 9.00. The average molecular weight is 206 g/mol. The summed E-state index contributed by atoms with van der Waals surface area (Å²) in [5.41, 5.74) is 5.34. The highest BCUT2D eigenvalue weighted by Gasteiger charge is 2.02. The zero-order chi connectivity index (χ0) is 8.97. The number of nitrogen functional groups attached to an aromatic ring is 1. The molecular formula is C7H12ClN3O2. The lowest BCUT2D eigenvalue weighted by Crippen LogP contribution is -2.13. The minimum atomic E-state index is -0.305. The molecule has 0 aromatic carbocycles. The van der Waals surface area contributed by atoms with Crippen molar-refractivity contribution in [3.05, 3.63) is 12.3 Å². The highest BCUT2D eigenvalue weighted by atomic mass is 35.5. The molecular weight excluding hydrogens is 194 g/mol. The summed E-state index contributed by atoms with van der Waals surface area (Å²) in [4.78, 5) is 10.9. The highest BCUT2D eigenvalue weighted by Crippen LogP contribution is 1.95. The zero-order valence-corrected chi connectivity index (χ0v) is 8.08. The van der Waals surface area contributed by atoms with E-state index in [1.165, 1.54) is 4.68 Å². The number of anilines is 1. The van der Waals surface area contributed by atoms with Crippen LogP contribution in [0.5, 0.6) is 0 Å². The van der Waals surface area contributed by atoms with Crippen molar-refractivity contribution in [2.45, 2.75) is 13.5 Å². The van der Waals surface area contributed by atoms with Gasteiger partial charge in [-0.1, -0.05) is 0 Å². The van der Waals surface area contributed by atoms with E-state index < -0.39 is 0 Å². The van der Waals surface area contributed by atoms with Gasteiger partial charge in [-0.15, -0.1) is 12.4 Å². The average Bonchev–Trinajstić information content (AvgIpc) is 2.36. The molecule has 0 spiro atoms. The SMILES string of the molecule is CCOC(=O)Cn1ccc(N)n1.Cl. The molecule has 1 aromatic rings. The zero-order valence-electron chi connectivity index (χ0n) is 7.27. The van der Waals surface area contributed by atoms with Gasteiger partial charge in [0.25, 0.3) is 0 Å². The number of ether oxygens (including phenoxy) is 1. The monoisotopic (exact) mass is 205 g/mol. The molecule has 0 unspecified atom stereocenters. The number of aromatic nitrogens is 2. The van der Waals surface area contributed by atoms with Crippen LogP contribution < -0.4 is 5.73 Å². The fourth-order valence-electron chi connectivity index (χ4n) is 0.804. The van der Waals surface area contributed by atoms with Gasteiger partial charge in [-0.05, 0) is 13.0 Å². The summed E-state index contributed by atoms with van der Waals surface area (Å²) >= 11 is 0. The summed E-state index contributed by atoms with van der Waals surface area (Å²) in [6, 6.07) is 1.62. The molecule has 0 saturated carbocycles. The van der Waals surface area contributed by atoms with Crippen LogP contribution in [0.15, 0.2) is 12.3 Å². The highest BCUT2D eigenvalue weighted by molar-refractivity contribution is 5.85. The Hall–Kier alpha value is -1.23. The van der Waals surface area contributed by atoms with Gasteiger partial charge in [0.05, 0.1) is 6.61 Å². The van der Waals surface area contributed by atoms with Crippen LogP contribution in [-0.4, -0.2) is 22.4 Å². The minimum absolute atomic E-state index is 0. The van der Waals surface area contributed by atoms with Crippen LogP contribution >= 0.6 is 12.4 Å². The van der Waals surface area contributed by atoms with Gasteiger partial charge in [0.1, 0.15) is 12.4 Å². The Balaban J connectivity index is 0.00000144. The second kappa shape index (κ2) is 5.42. The molecule has 0 atom stereocenters. The fraction of sp³-hybridized carbons (Fsp3) is 0.429. The van der Waals surface area contributed by atoms with E-state index in [4.69, 9.17) is 10.5 Å². The van der Waals surface area contributed by atoms with Gasteiger partial charge in [0.15, 0.2) is 0 Å². The van der Waals surface area contributed by atoms with Gasteiger partial charge < -0.3 is 10.5 Å². The maximum atomic E-state index is 10.9. The van der Waals surface area contributed by atoms with Crippen LogP contribution in [-0.2, 0) is 16.1 Å². The van der Waals surface area contributed by atoms with Gasteiger partial charge in [0, 0.05) is 6.20 Å². The first-order valence-corrected chi connectivity index (χ1v) is 3.67. The first-order chi connectivity index (χ1) is 5.72. The van der Waals surface area contributed by atoms with Crippen molar-refractivity contribution in [1.82, 2.24) is 9.78 Å². The second-order valence-corrected chi connectivity index (χ2v) is 2.24. The van der Waals surface area contributed by atoms with E-state index in [-0.39, 0.29) is 24.9 Å². The smallest absolute Gasteiger partial charge is 0.327 e. The number of carbonyl (C=O) groups is 1. The van der Waals surface area contributed by atoms with Crippen molar-refractivity contribution >= 4 is 24.2 Å². The Morgan fingerprint density at radius 1 is 1.77 bits per heavy atom. The second-order valence-electron chi connectivity index (χ2n) is 2.24. The van der Waals surface area contributed by atoms with Crippen LogP contribution in [0, 0.1) is 0 Å². The molecule has 0 amide bonds. The van der Waals surface area contributed by atoms with Crippen LogP contribution in [0.25, 0.3) is 0 Å². The predicted octanol–water partition coefficient (Wildman–Crippen LogP) is 0.450. The quantitative estimate of drug-likeness (QED) is 0.728. The van der Waals surface area contributed by atoms with Gasteiger partial charge >= 0.3 is 5.97 Å². The van der Waals surface area contributed by atoms with Crippen molar-refractivity contribution in [2.75, 3.05) is 12.3 Å². The van der Waals surface area contributed by atoms with Crippen molar-refractivity contribution < 1.29 is 9.53 Å². The number of hydrogen-bond acceptors (Lipinski definition) is 4. The van der Waals surface area contributed by atoms with Crippen LogP contribution in [0.2, 0.25) is 0 Å². The standard InChI is InChI=1S/C7H11N3O2.ClH/c1-2-12-7(11)5-10-4-3-6(8)9-10;/h3-4H,2,5H2,1H3,(H2,8,9);1H. The van der Waals surface area contributed by atoms with Gasteiger partial charge in [0.2, 0.25) is 0 Å². The number of esters is 1. The van der Waals surface area contributed by atoms with Crippen molar-refractivity contribution in [3.8, 4) is 0 Å². The van der Waals surface area contributed by atoms with Gasteiger partial charge in [-0.2, -0.15) is 5.10 Å². The van der Waals surface area contributed by atoms with E-state index in [0.717, 1.165) is 0 Å². The van der Waals surface area contributed by atoms with Gasteiger partial charge in [-0.3, -0.25) is 9.48 Å². The van der Waals surface area contributed by atoms with Gasteiger partial charge in [-0.25, -0.2) is 0 Å². The summed E-state index contributed by atoms with van der Waals surface area (Å²) < 4.78 is 6.15. The summed E-state index contributed by atoms with van der Waals surface area (Å²) in [6.45, 7) is 2.26. The Labute approximate surface area is 82.3 Å². The molecule has 0 saturated heterocycles. The Kier molecular flexibility index (Phi) is 4.91. The molecule has 1 aromatic heterocycles. The molecule has 0 fully saturated rings. The number of carbonyl (C=O) groups excluding carboxylic acids is 1. The van der Waals surface area contributed by atoms with Crippen LogP contribution in [0.4, 0.5) is 5.82 Å². The van der Waals surface area contributed by atoms with Crippen LogP contribution in [0.1, 0.15) is 6.92 Å². The number of hydrogen-bond donors (Lipinski definition) is 1. The fourth-order valence-corrected chi connectivity index (χ4v) is 0.804. The van der Waals surface area contributed by atoms with E-state index in [9.17, 15) is 4.79 Å². The Bertz CT molecular complexity index is 274. The molecule has 0 aliphatic heterocycles. The van der Waals surface area contributed by atoms with Crippen molar-refractivity contribution in [2.24, 2.45) is 0 Å². The maximum absolute atomic E-state index is 10.9. The van der Waals surface area contributed by atoms with Crippen molar-refractivity contribution in [1.29, 1.82) is 0 Å². The maximum Gasteiger partial charge on any atom is 0.327 e. The number of nitrogens with zero attached hydrogens (tertiary/aromatic N) is 2. The molecule has 0 radical (unpaired) electrons. The van der Waals surface area contributed by atoms with E-state index in [1.807, 2.05) is 0 Å². The summed E-state index contributed by atoms with van der Waals surface area (Å²) in [7, 11) is 0. The number of rotatable bonds is 3. The molecule has 6 heteroatoms. The van der Waals surface area contributed by atoms with Crippen molar-refractivity contribution in [3.63, 3.8) is 0 Å². The summed E-state index contributed by atoms with van der Waals surface area (Å²) in [5.74, 6) is 0.0971. The van der Waals surface area contributed by atoms with E-state index in [0.29, 0.717) is 12.4 Å².